The summed E-state index contributed by atoms with van der Waals surface area (Å²) < 4.78 is 5.43. The van der Waals surface area contributed by atoms with Crippen LogP contribution in [0.1, 0.15) is 33.9 Å². The minimum Gasteiger partial charge on any atom is -0.460 e. The van der Waals surface area contributed by atoms with Crippen molar-refractivity contribution in [2.75, 3.05) is 0 Å². The van der Waals surface area contributed by atoms with Crippen molar-refractivity contribution in [1.29, 1.82) is 5.26 Å². The first-order valence-corrected chi connectivity index (χ1v) is 6.74. The molecule has 0 amide bonds. The van der Waals surface area contributed by atoms with Gasteiger partial charge in [0.2, 0.25) is 0 Å². The SMILES string of the molecule is Cc1ccc(/C=N/c2sc3c(c2C#N)CCC3)o1. The number of hydrogen-bond donors (Lipinski definition) is 0. The fraction of sp³-hybridized carbons (Fsp3) is 0.286. The Morgan fingerprint density at radius 2 is 2.33 bits per heavy atom. The molecule has 0 aromatic carbocycles. The second-order valence-corrected chi connectivity index (χ2v) is 5.44. The zero-order valence-corrected chi connectivity index (χ0v) is 10.9. The maximum Gasteiger partial charge on any atom is 0.145 e. The van der Waals surface area contributed by atoms with Gasteiger partial charge in [-0.2, -0.15) is 5.26 Å². The summed E-state index contributed by atoms with van der Waals surface area (Å²) in [6.07, 6.45) is 4.96. The molecule has 0 unspecified atom stereocenters. The van der Waals surface area contributed by atoms with Crippen LogP contribution in [0.15, 0.2) is 21.5 Å². The lowest BCUT2D eigenvalue weighted by molar-refractivity contribution is 0.528. The number of fused-ring (bicyclic) bond motifs is 1. The van der Waals surface area contributed by atoms with Crippen LogP contribution in [0.25, 0.3) is 0 Å². The molecule has 1 aliphatic carbocycles. The number of hydrogen-bond acceptors (Lipinski definition) is 4. The van der Waals surface area contributed by atoms with Gasteiger partial charge < -0.3 is 4.42 Å². The fourth-order valence-corrected chi connectivity index (χ4v) is 3.42. The van der Waals surface area contributed by atoms with Gasteiger partial charge in [-0.25, -0.2) is 4.99 Å². The van der Waals surface area contributed by atoms with E-state index in [1.54, 1.807) is 17.6 Å². The van der Waals surface area contributed by atoms with Crippen LogP contribution in [0, 0.1) is 18.3 Å². The third kappa shape index (κ3) is 1.87. The summed E-state index contributed by atoms with van der Waals surface area (Å²) in [6.45, 7) is 1.90. The van der Waals surface area contributed by atoms with Crippen molar-refractivity contribution in [2.45, 2.75) is 26.2 Å². The molecule has 0 saturated heterocycles. The van der Waals surface area contributed by atoms with Gasteiger partial charge in [0.1, 0.15) is 22.6 Å². The highest BCUT2D eigenvalue weighted by Crippen LogP contribution is 2.40. The Morgan fingerprint density at radius 3 is 3.06 bits per heavy atom. The standard InChI is InChI=1S/C14H12N2OS/c1-9-5-6-10(17-9)8-16-14-12(7-15)11-3-2-4-13(11)18-14/h5-6,8H,2-4H2,1H3/b16-8+. The van der Waals surface area contributed by atoms with Gasteiger partial charge >= 0.3 is 0 Å². The van der Waals surface area contributed by atoms with Crippen molar-refractivity contribution in [3.8, 4) is 6.07 Å². The molecule has 2 aromatic heterocycles. The van der Waals surface area contributed by atoms with E-state index in [1.807, 2.05) is 19.1 Å². The summed E-state index contributed by atoms with van der Waals surface area (Å²) in [5.74, 6) is 1.59. The monoisotopic (exact) mass is 256 g/mol. The first-order chi connectivity index (χ1) is 8.78. The van der Waals surface area contributed by atoms with Crippen LogP contribution in [0.2, 0.25) is 0 Å². The van der Waals surface area contributed by atoms with Gasteiger partial charge in [0.15, 0.2) is 0 Å². The molecule has 2 aromatic rings. The minimum atomic E-state index is 0.727. The van der Waals surface area contributed by atoms with Gasteiger partial charge in [-0.15, -0.1) is 11.3 Å². The number of nitrogens with zero attached hydrogens (tertiary/aromatic N) is 2. The Balaban J connectivity index is 1.94. The topological polar surface area (TPSA) is 49.3 Å². The Bertz CT molecular complexity index is 658. The maximum atomic E-state index is 9.23. The van der Waals surface area contributed by atoms with Crippen LogP contribution in [0.3, 0.4) is 0 Å². The third-order valence-electron chi connectivity index (χ3n) is 3.08. The van der Waals surface area contributed by atoms with E-state index in [4.69, 9.17) is 4.42 Å². The smallest absolute Gasteiger partial charge is 0.145 e. The maximum absolute atomic E-state index is 9.23. The Hall–Kier alpha value is -1.86. The fourth-order valence-electron chi connectivity index (χ4n) is 2.24. The van der Waals surface area contributed by atoms with Crippen LogP contribution >= 0.6 is 11.3 Å². The van der Waals surface area contributed by atoms with Gasteiger partial charge in [-0.1, -0.05) is 0 Å². The van der Waals surface area contributed by atoms with E-state index in [9.17, 15) is 5.26 Å². The summed E-state index contributed by atoms with van der Waals surface area (Å²) in [6, 6.07) is 6.07. The molecule has 3 rings (SSSR count). The quantitative estimate of drug-likeness (QED) is 0.768. The molecule has 1 aliphatic rings. The lowest BCUT2D eigenvalue weighted by Crippen LogP contribution is -1.80. The van der Waals surface area contributed by atoms with Gasteiger partial charge in [0.25, 0.3) is 0 Å². The van der Waals surface area contributed by atoms with Crippen molar-refractivity contribution in [1.82, 2.24) is 0 Å². The Labute approximate surface area is 109 Å². The number of rotatable bonds is 2. The number of furan rings is 1. The summed E-state index contributed by atoms with van der Waals surface area (Å²) in [7, 11) is 0. The van der Waals surface area contributed by atoms with Crippen molar-refractivity contribution in [3.05, 3.63) is 39.7 Å². The Morgan fingerprint density at radius 1 is 1.44 bits per heavy atom. The molecule has 0 aliphatic heterocycles. The van der Waals surface area contributed by atoms with E-state index in [0.29, 0.717) is 0 Å². The number of nitriles is 1. The third-order valence-corrected chi connectivity index (χ3v) is 4.28. The molecule has 0 saturated carbocycles. The Kier molecular flexibility index (Phi) is 2.77. The molecule has 18 heavy (non-hydrogen) atoms. The van der Waals surface area contributed by atoms with E-state index >= 15 is 0 Å². The molecule has 4 heteroatoms. The average molecular weight is 256 g/mol. The van der Waals surface area contributed by atoms with Crippen LogP contribution in [-0.2, 0) is 12.8 Å². The molecular weight excluding hydrogens is 244 g/mol. The van der Waals surface area contributed by atoms with Crippen molar-refractivity contribution in [3.63, 3.8) is 0 Å². The molecule has 3 nitrogen and oxygen atoms in total. The number of aryl methyl sites for hydroxylation is 2. The molecule has 0 spiro atoms. The second kappa shape index (κ2) is 4.43. The highest BCUT2D eigenvalue weighted by atomic mass is 32.1. The van der Waals surface area contributed by atoms with Crippen molar-refractivity contribution >= 4 is 22.6 Å². The summed E-state index contributed by atoms with van der Waals surface area (Å²) in [5, 5.41) is 10.0. The molecule has 0 N–H and O–H groups in total. The first-order valence-electron chi connectivity index (χ1n) is 5.93. The van der Waals surface area contributed by atoms with Crippen molar-refractivity contribution in [2.24, 2.45) is 4.99 Å². The van der Waals surface area contributed by atoms with Gasteiger partial charge in [-0.05, 0) is 43.9 Å². The number of aliphatic imine (C=N–C) groups is 1. The van der Waals surface area contributed by atoms with Crippen LogP contribution < -0.4 is 0 Å². The lowest BCUT2D eigenvalue weighted by atomic mass is 10.1. The summed E-state index contributed by atoms with van der Waals surface area (Å²) in [5.41, 5.74) is 1.97. The molecule has 2 heterocycles. The molecule has 0 fully saturated rings. The van der Waals surface area contributed by atoms with E-state index in [2.05, 4.69) is 11.1 Å². The minimum absolute atomic E-state index is 0.727. The predicted octanol–water partition coefficient (Wildman–Crippen LogP) is 3.76. The summed E-state index contributed by atoms with van der Waals surface area (Å²) >= 11 is 1.64. The highest BCUT2D eigenvalue weighted by Gasteiger charge is 2.21. The normalized spacial score (nSPS) is 14.0. The van der Waals surface area contributed by atoms with Crippen molar-refractivity contribution < 1.29 is 4.42 Å². The van der Waals surface area contributed by atoms with Crippen LogP contribution in [0.5, 0.6) is 0 Å². The van der Waals surface area contributed by atoms with Gasteiger partial charge in [0, 0.05) is 4.88 Å². The molecular formula is C14H12N2OS. The zero-order valence-electron chi connectivity index (χ0n) is 10.1. The van der Waals surface area contributed by atoms with Gasteiger partial charge in [-0.3, -0.25) is 0 Å². The predicted molar refractivity (Wildman–Crippen MR) is 71.8 cm³/mol. The van der Waals surface area contributed by atoms with E-state index in [1.165, 1.54) is 10.4 Å². The van der Waals surface area contributed by atoms with E-state index in [0.717, 1.165) is 41.3 Å². The molecule has 0 bridgehead atoms. The molecule has 0 radical (unpaired) electrons. The molecule has 90 valence electrons. The lowest BCUT2D eigenvalue weighted by Gasteiger charge is -1.91. The van der Waals surface area contributed by atoms with Crippen LogP contribution in [-0.4, -0.2) is 6.21 Å². The summed E-state index contributed by atoms with van der Waals surface area (Å²) in [4.78, 5) is 5.73. The van der Waals surface area contributed by atoms with Crippen LogP contribution in [0.4, 0.5) is 5.00 Å². The van der Waals surface area contributed by atoms with Gasteiger partial charge in [0.05, 0.1) is 11.8 Å². The average Bonchev–Trinajstić information content (AvgIpc) is 3.01. The number of thiophene rings is 1. The van der Waals surface area contributed by atoms with E-state index < -0.39 is 0 Å². The second-order valence-electron chi connectivity index (χ2n) is 4.36. The highest BCUT2D eigenvalue weighted by molar-refractivity contribution is 7.16. The first kappa shape index (κ1) is 11.2. The zero-order chi connectivity index (χ0) is 12.5. The largest absolute Gasteiger partial charge is 0.460 e. The van der Waals surface area contributed by atoms with E-state index in [-0.39, 0.29) is 0 Å². The molecule has 0 atom stereocenters.